The molecule has 0 radical (unpaired) electrons. The predicted molar refractivity (Wildman–Crippen MR) is 115 cm³/mol. The summed E-state index contributed by atoms with van der Waals surface area (Å²) in [5, 5.41) is 2.71. The van der Waals surface area contributed by atoms with Crippen molar-refractivity contribution in [1.29, 1.82) is 0 Å². The Morgan fingerprint density at radius 2 is 1.81 bits per heavy atom. The van der Waals surface area contributed by atoms with Gasteiger partial charge in [-0.05, 0) is 61.7 Å². The van der Waals surface area contributed by atoms with Gasteiger partial charge in [-0.15, -0.1) is 0 Å². The standard InChI is InChI=1S/C22H27FN2O5S/c1-3-20(30-17-9-7-16(23)8-10-17)22(26)24-19-15-18(11-12-21(19)29-2)31(27,28)25-13-5-4-6-14-25/h7-12,15,20H,3-6,13-14H2,1-2H3,(H,24,26)/t20-/m1/s1. The minimum absolute atomic E-state index is 0.0954. The Morgan fingerprint density at radius 1 is 1.13 bits per heavy atom. The normalized spacial score (nSPS) is 15.8. The fourth-order valence-electron chi connectivity index (χ4n) is 3.41. The highest BCUT2D eigenvalue weighted by Gasteiger charge is 2.27. The molecule has 168 valence electrons. The van der Waals surface area contributed by atoms with Gasteiger partial charge in [-0.1, -0.05) is 13.3 Å². The number of benzene rings is 2. The number of carbonyl (C=O) groups excluding carboxylic acids is 1. The van der Waals surface area contributed by atoms with Crippen LogP contribution in [0.5, 0.6) is 11.5 Å². The van der Waals surface area contributed by atoms with Crippen molar-refractivity contribution in [1.82, 2.24) is 4.31 Å². The summed E-state index contributed by atoms with van der Waals surface area (Å²) in [6.07, 6.45) is 2.19. The van der Waals surface area contributed by atoms with Crippen LogP contribution in [0.25, 0.3) is 0 Å². The third kappa shape index (κ3) is 5.54. The van der Waals surface area contributed by atoms with Gasteiger partial charge in [0.05, 0.1) is 17.7 Å². The number of hydrogen-bond donors (Lipinski definition) is 1. The van der Waals surface area contributed by atoms with Crippen LogP contribution in [-0.4, -0.2) is 44.9 Å². The van der Waals surface area contributed by atoms with E-state index in [-0.39, 0.29) is 10.6 Å². The van der Waals surface area contributed by atoms with E-state index in [2.05, 4.69) is 5.32 Å². The first-order valence-electron chi connectivity index (χ1n) is 10.3. The molecular weight excluding hydrogens is 423 g/mol. The van der Waals surface area contributed by atoms with Crippen LogP contribution in [0.15, 0.2) is 47.4 Å². The van der Waals surface area contributed by atoms with Crippen molar-refractivity contribution in [2.75, 3.05) is 25.5 Å². The fourth-order valence-corrected chi connectivity index (χ4v) is 4.96. The van der Waals surface area contributed by atoms with E-state index in [1.165, 1.54) is 53.9 Å². The molecule has 1 saturated heterocycles. The molecule has 1 fully saturated rings. The number of nitrogens with zero attached hydrogens (tertiary/aromatic N) is 1. The molecule has 0 spiro atoms. The zero-order valence-corrected chi connectivity index (χ0v) is 18.5. The molecular formula is C22H27FN2O5S. The van der Waals surface area contributed by atoms with Gasteiger partial charge in [0.2, 0.25) is 10.0 Å². The van der Waals surface area contributed by atoms with Gasteiger partial charge >= 0.3 is 0 Å². The monoisotopic (exact) mass is 450 g/mol. The molecule has 2 aromatic rings. The molecule has 0 saturated carbocycles. The van der Waals surface area contributed by atoms with E-state index in [1.54, 1.807) is 6.92 Å². The first kappa shape index (κ1) is 23.0. The van der Waals surface area contributed by atoms with Crippen LogP contribution < -0.4 is 14.8 Å². The molecule has 0 unspecified atom stereocenters. The molecule has 7 nitrogen and oxygen atoms in total. The average Bonchev–Trinajstić information content (AvgIpc) is 2.79. The Balaban J connectivity index is 1.81. The van der Waals surface area contributed by atoms with Crippen molar-refractivity contribution in [2.45, 2.75) is 43.6 Å². The summed E-state index contributed by atoms with van der Waals surface area (Å²) in [5.74, 6) is -0.168. The molecule has 1 aliphatic rings. The van der Waals surface area contributed by atoms with Gasteiger partial charge in [0.1, 0.15) is 17.3 Å². The Morgan fingerprint density at radius 3 is 2.42 bits per heavy atom. The van der Waals surface area contributed by atoms with E-state index in [1.807, 2.05) is 0 Å². The molecule has 3 rings (SSSR count). The number of piperidine rings is 1. The number of hydrogen-bond acceptors (Lipinski definition) is 5. The summed E-state index contributed by atoms with van der Waals surface area (Å²) in [6, 6.07) is 9.79. The zero-order valence-electron chi connectivity index (χ0n) is 17.6. The number of carbonyl (C=O) groups is 1. The van der Waals surface area contributed by atoms with Crippen LogP contribution in [0.1, 0.15) is 32.6 Å². The van der Waals surface area contributed by atoms with Crippen molar-refractivity contribution in [3.8, 4) is 11.5 Å². The van der Waals surface area contributed by atoms with Crippen molar-refractivity contribution < 1.29 is 27.1 Å². The summed E-state index contributed by atoms with van der Waals surface area (Å²) in [4.78, 5) is 12.9. The summed E-state index contributed by atoms with van der Waals surface area (Å²) < 4.78 is 51.5. The van der Waals surface area contributed by atoms with Gasteiger partial charge in [0, 0.05) is 13.1 Å². The first-order chi connectivity index (χ1) is 14.8. The Bertz CT molecular complexity index is 1010. The first-order valence-corrected chi connectivity index (χ1v) is 11.7. The molecule has 1 amide bonds. The quantitative estimate of drug-likeness (QED) is 0.661. The number of sulfonamides is 1. The highest BCUT2D eigenvalue weighted by Crippen LogP contribution is 2.30. The number of anilines is 1. The minimum Gasteiger partial charge on any atom is -0.495 e. The van der Waals surface area contributed by atoms with Crippen LogP contribution in [0.2, 0.25) is 0 Å². The predicted octanol–water partition coefficient (Wildman–Crippen LogP) is 3.81. The van der Waals surface area contributed by atoms with E-state index >= 15 is 0 Å². The maximum atomic E-state index is 13.1. The summed E-state index contributed by atoms with van der Waals surface area (Å²) in [5.41, 5.74) is 0.242. The fraction of sp³-hybridized carbons (Fsp3) is 0.409. The molecule has 1 heterocycles. The van der Waals surface area contributed by atoms with Gasteiger partial charge in [-0.2, -0.15) is 4.31 Å². The molecule has 1 atom stereocenters. The lowest BCUT2D eigenvalue weighted by molar-refractivity contribution is -0.122. The van der Waals surface area contributed by atoms with E-state index in [0.717, 1.165) is 19.3 Å². The summed E-state index contributed by atoms with van der Waals surface area (Å²) in [7, 11) is -2.22. The summed E-state index contributed by atoms with van der Waals surface area (Å²) >= 11 is 0. The third-order valence-electron chi connectivity index (χ3n) is 5.14. The van der Waals surface area contributed by atoms with Crippen molar-refractivity contribution in [2.24, 2.45) is 0 Å². The highest BCUT2D eigenvalue weighted by molar-refractivity contribution is 7.89. The molecule has 2 aromatic carbocycles. The second-order valence-electron chi connectivity index (χ2n) is 7.28. The van der Waals surface area contributed by atoms with Crippen LogP contribution >= 0.6 is 0 Å². The van der Waals surface area contributed by atoms with Gasteiger partial charge in [-0.25, -0.2) is 12.8 Å². The van der Waals surface area contributed by atoms with Crippen LogP contribution in [0.3, 0.4) is 0 Å². The van der Waals surface area contributed by atoms with E-state index in [9.17, 15) is 17.6 Å². The third-order valence-corrected chi connectivity index (χ3v) is 7.03. The molecule has 9 heteroatoms. The lowest BCUT2D eigenvalue weighted by Gasteiger charge is -2.26. The summed E-state index contributed by atoms with van der Waals surface area (Å²) in [6.45, 7) is 2.75. The SMILES string of the molecule is CC[C@@H](Oc1ccc(F)cc1)C(=O)Nc1cc(S(=O)(=O)N2CCCCC2)ccc1OC. The maximum Gasteiger partial charge on any atom is 0.265 e. The number of methoxy groups -OCH3 is 1. The Labute approximate surface area is 182 Å². The van der Waals surface area contributed by atoms with Crippen LogP contribution in [0, 0.1) is 5.82 Å². The van der Waals surface area contributed by atoms with E-state index in [4.69, 9.17) is 9.47 Å². The molecule has 0 aromatic heterocycles. The van der Waals surface area contributed by atoms with Crippen molar-refractivity contribution >= 4 is 21.6 Å². The lowest BCUT2D eigenvalue weighted by Crippen LogP contribution is -2.35. The molecule has 31 heavy (non-hydrogen) atoms. The van der Waals surface area contributed by atoms with Crippen LogP contribution in [0.4, 0.5) is 10.1 Å². The maximum absolute atomic E-state index is 13.1. The molecule has 1 N–H and O–H groups in total. The van der Waals surface area contributed by atoms with Crippen molar-refractivity contribution in [3.05, 3.63) is 48.3 Å². The lowest BCUT2D eigenvalue weighted by atomic mass is 10.2. The van der Waals surface area contributed by atoms with Crippen LogP contribution in [-0.2, 0) is 14.8 Å². The number of amides is 1. The second kappa shape index (κ2) is 10.1. The largest absolute Gasteiger partial charge is 0.495 e. The average molecular weight is 451 g/mol. The Hall–Kier alpha value is -2.65. The number of rotatable bonds is 8. The Kier molecular flexibility index (Phi) is 7.50. The van der Waals surface area contributed by atoms with Gasteiger partial charge in [0.15, 0.2) is 6.10 Å². The second-order valence-corrected chi connectivity index (χ2v) is 9.22. The topological polar surface area (TPSA) is 84.9 Å². The molecule has 0 bridgehead atoms. The minimum atomic E-state index is -3.66. The van der Waals surface area contributed by atoms with E-state index < -0.39 is 27.9 Å². The van der Waals surface area contributed by atoms with Gasteiger partial charge < -0.3 is 14.8 Å². The number of nitrogens with one attached hydrogen (secondary N) is 1. The molecule has 1 aliphatic heterocycles. The van der Waals surface area contributed by atoms with Crippen molar-refractivity contribution in [3.63, 3.8) is 0 Å². The van der Waals surface area contributed by atoms with E-state index in [0.29, 0.717) is 31.0 Å². The highest BCUT2D eigenvalue weighted by atomic mass is 32.2. The molecule has 0 aliphatic carbocycles. The number of halogens is 1. The van der Waals surface area contributed by atoms with Gasteiger partial charge in [0.25, 0.3) is 5.91 Å². The zero-order chi connectivity index (χ0) is 22.4. The number of ether oxygens (including phenoxy) is 2. The smallest absolute Gasteiger partial charge is 0.265 e. The van der Waals surface area contributed by atoms with Gasteiger partial charge in [-0.3, -0.25) is 4.79 Å².